The Morgan fingerprint density at radius 3 is 2.78 bits per heavy atom. The van der Waals surface area contributed by atoms with Crippen LogP contribution in [0.15, 0.2) is 60.9 Å². The zero-order chi connectivity index (χ0) is 24.9. The number of rotatable bonds is 8. The van der Waals surface area contributed by atoms with Gasteiger partial charge in [0.15, 0.2) is 0 Å². The number of nitrogens with one attached hydrogen (secondary N) is 2. The van der Waals surface area contributed by atoms with Crippen molar-refractivity contribution in [1.29, 1.82) is 0 Å². The van der Waals surface area contributed by atoms with Gasteiger partial charge in [0.2, 0.25) is 5.95 Å². The average molecular weight is 489 g/mol. The van der Waals surface area contributed by atoms with Crippen LogP contribution in [0.1, 0.15) is 11.8 Å². The second-order valence-corrected chi connectivity index (χ2v) is 8.89. The molecule has 9 heteroatoms. The van der Waals surface area contributed by atoms with E-state index in [1.165, 1.54) is 6.07 Å². The van der Waals surface area contributed by atoms with E-state index in [1.54, 1.807) is 24.5 Å². The Kier molecular flexibility index (Phi) is 7.31. The van der Waals surface area contributed by atoms with E-state index in [0.717, 1.165) is 36.4 Å². The fourth-order valence-electron chi connectivity index (χ4n) is 4.04. The standard InChI is InChI=1S/C27H29FN6O2/c1-34(2)11-13-35-20-7-8-21(23(28)14-20)22-5-3-4-18-15-31-27(33-26(18)22)32-19-6-9-24(30-16-19)25-17-29-10-12-36-25/h3-9,14-16,25,29H,10-13,17H2,1-2H3,(H,31,32,33). The van der Waals surface area contributed by atoms with Gasteiger partial charge in [-0.3, -0.25) is 4.98 Å². The molecule has 0 radical (unpaired) electrons. The van der Waals surface area contributed by atoms with Gasteiger partial charge >= 0.3 is 0 Å². The summed E-state index contributed by atoms with van der Waals surface area (Å²) in [6.45, 7) is 3.52. The summed E-state index contributed by atoms with van der Waals surface area (Å²) in [6, 6.07) is 14.4. The van der Waals surface area contributed by atoms with Crippen LogP contribution in [-0.2, 0) is 4.74 Å². The van der Waals surface area contributed by atoms with Crippen molar-refractivity contribution >= 4 is 22.5 Å². The first kappa shape index (κ1) is 24.1. The van der Waals surface area contributed by atoms with E-state index in [4.69, 9.17) is 14.5 Å². The van der Waals surface area contributed by atoms with Crippen LogP contribution in [0, 0.1) is 5.82 Å². The molecule has 2 aromatic carbocycles. The van der Waals surface area contributed by atoms with Gasteiger partial charge in [-0.15, -0.1) is 0 Å². The maximum atomic E-state index is 15.1. The summed E-state index contributed by atoms with van der Waals surface area (Å²) in [6.07, 6.45) is 3.42. The van der Waals surface area contributed by atoms with Gasteiger partial charge in [-0.2, -0.15) is 0 Å². The quantitative estimate of drug-likeness (QED) is 0.382. The summed E-state index contributed by atoms with van der Waals surface area (Å²) in [5.74, 6) is 0.544. The number of likely N-dealkylation sites (N-methyl/N-ethyl adjacent to an activating group) is 1. The SMILES string of the molecule is CN(C)CCOc1ccc(-c2cccc3cnc(Nc4ccc(C5CNCCO5)nc4)nc23)c(F)c1. The number of morpholine rings is 1. The molecule has 2 aromatic heterocycles. The lowest BCUT2D eigenvalue weighted by atomic mass is 10.0. The predicted molar refractivity (Wildman–Crippen MR) is 138 cm³/mol. The van der Waals surface area contributed by atoms with E-state index in [0.29, 0.717) is 41.6 Å². The zero-order valence-electron chi connectivity index (χ0n) is 20.4. The largest absolute Gasteiger partial charge is 0.492 e. The van der Waals surface area contributed by atoms with Crippen molar-refractivity contribution in [3.63, 3.8) is 0 Å². The summed E-state index contributed by atoms with van der Waals surface area (Å²) < 4.78 is 26.6. The van der Waals surface area contributed by atoms with Gasteiger partial charge in [-0.1, -0.05) is 18.2 Å². The molecule has 1 aliphatic rings. The molecule has 186 valence electrons. The third-order valence-corrected chi connectivity index (χ3v) is 5.95. The normalized spacial score (nSPS) is 15.8. The molecule has 4 aromatic rings. The molecule has 1 aliphatic heterocycles. The lowest BCUT2D eigenvalue weighted by Gasteiger charge is -2.23. The van der Waals surface area contributed by atoms with Crippen LogP contribution in [0.5, 0.6) is 5.75 Å². The van der Waals surface area contributed by atoms with Crippen LogP contribution in [-0.4, -0.2) is 66.8 Å². The van der Waals surface area contributed by atoms with Crippen LogP contribution < -0.4 is 15.4 Å². The van der Waals surface area contributed by atoms with Gasteiger partial charge in [-0.25, -0.2) is 14.4 Å². The molecule has 1 saturated heterocycles. The van der Waals surface area contributed by atoms with Crippen molar-refractivity contribution in [3.8, 4) is 16.9 Å². The Balaban J connectivity index is 1.37. The molecule has 0 amide bonds. The van der Waals surface area contributed by atoms with Gasteiger partial charge in [-0.05, 0) is 38.4 Å². The molecule has 0 aliphatic carbocycles. The predicted octanol–water partition coefficient (Wildman–Crippen LogP) is 4.18. The topological polar surface area (TPSA) is 84.4 Å². The Bertz CT molecular complexity index is 1330. The fourth-order valence-corrected chi connectivity index (χ4v) is 4.04. The molecule has 5 rings (SSSR count). The minimum atomic E-state index is -0.364. The lowest BCUT2D eigenvalue weighted by molar-refractivity contribution is 0.0250. The van der Waals surface area contributed by atoms with E-state index in [1.807, 2.05) is 49.3 Å². The van der Waals surface area contributed by atoms with Gasteiger partial charge < -0.3 is 25.0 Å². The number of aromatic nitrogens is 3. The fraction of sp³-hybridized carbons (Fsp3) is 0.296. The number of halogens is 1. The Hall–Kier alpha value is -3.66. The summed E-state index contributed by atoms with van der Waals surface area (Å²) in [4.78, 5) is 15.7. The van der Waals surface area contributed by atoms with Gasteiger partial charge in [0.1, 0.15) is 24.3 Å². The molecule has 36 heavy (non-hydrogen) atoms. The van der Waals surface area contributed by atoms with Gasteiger partial charge in [0.25, 0.3) is 0 Å². The molecular weight excluding hydrogens is 459 g/mol. The van der Waals surface area contributed by atoms with E-state index in [2.05, 4.69) is 20.6 Å². The monoisotopic (exact) mass is 488 g/mol. The van der Waals surface area contributed by atoms with Crippen LogP contribution in [0.2, 0.25) is 0 Å². The summed E-state index contributed by atoms with van der Waals surface area (Å²) in [5, 5.41) is 7.33. The second-order valence-electron chi connectivity index (χ2n) is 8.89. The van der Waals surface area contributed by atoms with Crippen molar-refractivity contribution in [2.75, 3.05) is 52.3 Å². The highest BCUT2D eigenvalue weighted by atomic mass is 19.1. The highest BCUT2D eigenvalue weighted by molar-refractivity contribution is 5.94. The average Bonchev–Trinajstić information content (AvgIpc) is 2.89. The highest BCUT2D eigenvalue weighted by Crippen LogP contribution is 2.32. The highest BCUT2D eigenvalue weighted by Gasteiger charge is 2.17. The van der Waals surface area contributed by atoms with Crippen molar-refractivity contribution in [1.82, 2.24) is 25.2 Å². The number of benzene rings is 2. The summed E-state index contributed by atoms with van der Waals surface area (Å²) >= 11 is 0. The molecule has 2 N–H and O–H groups in total. The van der Waals surface area contributed by atoms with E-state index >= 15 is 4.39 Å². The minimum Gasteiger partial charge on any atom is -0.492 e. The molecule has 1 unspecified atom stereocenters. The van der Waals surface area contributed by atoms with Crippen LogP contribution in [0.3, 0.4) is 0 Å². The number of anilines is 2. The number of nitrogens with zero attached hydrogens (tertiary/aromatic N) is 4. The summed E-state index contributed by atoms with van der Waals surface area (Å²) in [7, 11) is 3.93. The second kappa shape index (κ2) is 10.9. The van der Waals surface area contributed by atoms with Crippen molar-refractivity contribution in [2.45, 2.75) is 6.10 Å². The summed E-state index contributed by atoms with van der Waals surface area (Å²) in [5.41, 5.74) is 3.42. The van der Waals surface area contributed by atoms with Crippen LogP contribution in [0.4, 0.5) is 16.0 Å². The third kappa shape index (κ3) is 5.59. The van der Waals surface area contributed by atoms with Crippen molar-refractivity contribution < 1.29 is 13.9 Å². The molecule has 1 fully saturated rings. The number of pyridine rings is 1. The van der Waals surface area contributed by atoms with E-state index in [-0.39, 0.29) is 11.9 Å². The molecule has 0 saturated carbocycles. The number of ether oxygens (including phenoxy) is 2. The molecule has 0 bridgehead atoms. The molecule has 0 spiro atoms. The smallest absolute Gasteiger partial charge is 0.227 e. The molecular formula is C27H29FN6O2. The van der Waals surface area contributed by atoms with Crippen LogP contribution in [0.25, 0.3) is 22.0 Å². The van der Waals surface area contributed by atoms with E-state index < -0.39 is 0 Å². The first-order valence-electron chi connectivity index (χ1n) is 12.0. The van der Waals surface area contributed by atoms with Crippen LogP contribution >= 0.6 is 0 Å². The number of hydrogen-bond donors (Lipinski definition) is 2. The first-order chi connectivity index (χ1) is 17.6. The minimum absolute atomic E-state index is 0.0491. The van der Waals surface area contributed by atoms with E-state index in [9.17, 15) is 0 Å². The number of hydrogen-bond acceptors (Lipinski definition) is 8. The van der Waals surface area contributed by atoms with Crippen molar-refractivity contribution in [2.24, 2.45) is 0 Å². The number of fused-ring (bicyclic) bond motifs is 1. The third-order valence-electron chi connectivity index (χ3n) is 5.95. The number of para-hydroxylation sites is 1. The maximum absolute atomic E-state index is 15.1. The van der Waals surface area contributed by atoms with Crippen molar-refractivity contribution in [3.05, 3.63) is 72.4 Å². The first-order valence-corrected chi connectivity index (χ1v) is 12.0. The Labute approximate surface area is 209 Å². The molecule has 8 nitrogen and oxygen atoms in total. The Morgan fingerprint density at radius 1 is 1.11 bits per heavy atom. The Morgan fingerprint density at radius 2 is 2.03 bits per heavy atom. The molecule has 3 heterocycles. The molecule has 1 atom stereocenters. The van der Waals surface area contributed by atoms with Gasteiger partial charge in [0, 0.05) is 48.4 Å². The van der Waals surface area contributed by atoms with Gasteiger partial charge in [0.05, 0.1) is 29.7 Å². The lowest BCUT2D eigenvalue weighted by Crippen LogP contribution is -2.33. The maximum Gasteiger partial charge on any atom is 0.227 e. The zero-order valence-corrected chi connectivity index (χ0v) is 20.4.